The SMILES string of the molecule is CN(Cc1ccccc1[N+](=O)[O-])c1nc(C(F)(F)F)ns1. The van der Waals surface area contributed by atoms with Gasteiger partial charge in [0.25, 0.3) is 5.69 Å². The number of para-hydroxylation sites is 1. The molecule has 2 rings (SSSR count). The fraction of sp³-hybridized carbons (Fsp3) is 0.273. The highest BCUT2D eigenvalue weighted by Crippen LogP contribution is 2.30. The number of benzene rings is 1. The molecule has 0 atom stereocenters. The molecular weight excluding hydrogens is 309 g/mol. The molecule has 0 fully saturated rings. The molecule has 0 bridgehead atoms. The van der Waals surface area contributed by atoms with E-state index < -0.39 is 16.9 Å². The lowest BCUT2D eigenvalue weighted by Crippen LogP contribution is -2.17. The summed E-state index contributed by atoms with van der Waals surface area (Å²) in [7, 11) is 1.50. The summed E-state index contributed by atoms with van der Waals surface area (Å²) >= 11 is 0.593. The van der Waals surface area contributed by atoms with Crippen LogP contribution in [0.25, 0.3) is 0 Å². The van der Waals surface area contributed by atoms with Crippen LogP contribution in [0.4, 0.5) is 24.0 Å². The number of halogens is 3. The van der Waals surface area contributed by atoms with Crippen LogP contribution >= 0.6 is 11.5 Å². The van der Waals surface area contributed by atoms with E-state index in [0.29, 0.717) is 17.1 Å². The van der Waals surface area contributed by atoms with Gasteiger partial charge in [-0.3, -0.25) is 10.1 Å². The molecule has 1 aromatic heterocycles. The van der Waals surface area contributed by atoms with Gasteiger partial charge in [0, 0.05) is 30.2 Å². The Morgan fingerprint density at radius 2 is 2.05 bits per heavy atom. The molecule has 0 radical (unpaired) electrons. The van der Waals surface area contributed by atoms with E-state index in [2.05, 4.69) is 9.36 Å². The molecule has 112 valence electrons. The van der Waals surface area contributed by atoms with Crippen molar-refractivity contribution in [2.45, 2.75) is 12.7 Å². The number of alkyl halides is 3. The summed E-state index contributed by atoms with van der Waals surface area (Å²) in [5, 5.41) is 10.9. The highest BCUT2D eigenvalue weighted by atomic mass is 32.1. The second kappa shape index (κ2) is 5.64. The number of hydrogen-bond acceptors (Lipinski definition) is 6. The lowest BCUT2D eigenvalue weighted by atomic mass is 10.2. The number of nitro groups is 1. The molecule has 1 aromatic carbocycles. The first-order valence-electron chi connectivity index (χ1n) is 5.63. The maximum absolute atomic E-state index is 12.4. The van der Waals surface area contributed by atoms with Crippen molar-refractivity contribution >= 4 is 22.4 Å². The summed E-state index contributed by atoms with van der Waals surface area (Å²) < 4.78 is 40.5. The summed E-state index contributed by atoms with van der Waals surface area (Å²) in [5.74, 6) is -1.21. The smallest absolute Gasteiger partial charge is 0.345 e. The van der Waals surface area contributed by atoms with Gasteiger partial charge < -0.3 is 4.90 Å². The van der Waals surface area contributed by atoms with Crippen molar-refractivity contribution in [3.05, 3.63) is 45.8 Å². The van der Waals surface area contributed by atoms with Crippen molar-refractivity contribution in [1.82, 2.24) is 9.36 Å². The predicted molar refractivity (Wildman–Crippen MR) is 70.1 cm³/mol. The van der Waals surface area contributed by atoms with Crippen LogP contribution < -0.4 is 4.90 Å². The predicted octanol–water partition coefficient (Wildman–Crippen LogP) is 3.10. The molecule has 0 amide bonds. The Morgan fingerprint density at radius 3 is 2.62 bits per heavy atom. The second-order valence-corrected chi connectivity index (χ2v) is 4.87. The van der Waals surface area contributed by atoms with E-state index in [1.165, 1.54) is 24.1 Å². The van der Waals surface area contributed by atoms with Gasteiger partial charge >= 0.3 is 6.18 Å². The monoisotopic (exact) mass is 318 g/mol. The Balaban J connectivity index is 2.21. The van der Waals surface area contributed by atoms with E-state index in [0.717, 1.165) is 0 Å². The van der Waals surface area contributed by atoms with Crippen LogP contribution in [0.1, 0.15) is 11.4 Å². The third-order valence-electron chi connectivity index (χ3n) is 2.59. The first-order chi connectivity index (χ1) is 9.79. The summed E-state index contributed by atoms with van der Waals surface area (Å²) in [6.07, 6.45) is -4.60. The lowest BCUT2D eigenvalue weighted by molar-refractivity contribution is -0.385. The number of aromatic nitrogens is 2. The van der Waals surface area contributed by atoms with Gasteiger partial charge in [-0.05, 0) is 0 Å². The summed E-state index contributed by atoms with van der Waals surface area (Å²) in [6.45, 7) is 0.0592. The van der Waals surface area contributed by atoms with Crippen molar-refractivity contribution in [3.63, 3.8) is 0 Å². The topological polar surface area (TPSA) is 72.2 Å². The minimum atomic E-state index is -4.60. The average molecular weight is 318 g/mol. The maximum Gasteiger partial charge on any atom is 0.452 e. The molecule has 6 nitrogen and oxygen atoms in total. The van der Waals surface area contributed by atoms with Gasteiger partial charge in [0.15, 0.2) is 0 Å². The molecule has 0 aliphatic rings. The number of anilines is 1. The van der Waals surface area contributed by atoms with Gasteiger partial charge in [0.05, 0.1) is 11.5 Å². The quantitative estimate of drug-likeness (QED) is 0.640. The molecule has 0 unspecified atom stereocenters. The number of nitrogens with zero attached hydrogens (tertiary/aromatic N) is 4. The molecule has 0 spiro atoms. The van der Waals surface area contributed by atoms with Crippen LogP contribution in [0.3, 0.4) is 0 Å². The average Bonchev–Trinajstić information content (AvgIpc) is 2.88. The highest BCUT2D eigenvalue weighted by molar-refractivity contribution is 7.09. The van der Waals surface area contributed by atoms with E-state index in [-0.39, 0.29) is 17.4 Å². The summed E-state index contributed by atoms with van der Waals surface area (Å²) in [5.41, 5.74) is 0.290. The van der Waals surface area contributed by atoms with Crippen LogP contribution in [0.15, 0.2) is 24.3 Å². The normalized spacial score (nSPS) is 11.4. The molecule has 0 saturated carbocycles. The third kappa shape index (κ3) is 3.45. The van der Waals surface area contributed by atoms with Crippen LogP contribution in [-0.2, 0) is 12.7 Å². The molecule has 10 heteroatoms. The van der Waals surface area contributed by atoms with Gasteiger partial charge in [0.2, 0.25) is 11.0 Å². The molecule has 2 aromatic rings. The van der Waals surface area contributed by atoms with Crippen LogP contribution in [0, 0.1) is 10.1 Å². The van der Waals surface area contributed by atoms with E-state index in [1.807, 2.05) is 0 Å². The van der Waals surface area contributed by atoms with Crippen molar-refractivity contribution in [3.8, 4) is 0 Å². The molecule has 0 N–H and O–H groups in total. The van der Waals surface area contributed by atoms with Crippen molar-refractivity contribution < 1.29 is 18.1 Å². The second-order valence-electron chi connectivity index (χ2n) is 4.14. The fourth-order valence-electron chi connectivity index (χ4n) is 1.63. The Bertz CT molecular complexity index is 659. The Hall–Kier alpha value is -2.23. The zero-order valence-corrected chi connectivity index (χ0v) is 11.5. The summed E-state index contributed by atoms with van der Waals surface area (Å²) in [4.78, 5) is 15.1. The minimum absolute atomic E-state index is 0.0421. The first kappa shape index (κ1) is 15.2. The molecule has 0 aliphatic carbocycles. The summed E-state index contributed by atoms with van der Waals surface area (Å²) in [6, 6.07) is 6.02. The Kier molecular flexibility index (Phi) is 4.07. The number of nitro benzene ring substituents is 1. The molecule has 0 saturated heterocycles. The number of rotatable bonds is 4. The van der Waals surface area contributed by atoms with Gasteiger partial charge in [-0.25, -0.2) is 0 Å². The third-order valence-corrected chi connectivity index (χ3v) is 3.42. The Labute approximate surface area is 121 Å². The van der Waals surface area contributed by atoms with Crippen molar-refractivity contribution in [2.75, 3.05) is 11.9 Å². The van der Waals surface area contributed by atoms with Crippen LogP contribution in [0.5, 0.6) is 0 Å². The zero-order chi connectivity index (χ0) is 15.6. The van der Waals surface area contributed by atoms with Crippen LogP contribution in [-0.4, -0.2) is 21.3 Å². The zero-order valence-electron chi connectivity index (χ0n) is 10.7. The maximum atomic E-state index is 12.4. The van der Waals surface area contributed by atoms with E-state index in [1.54, 1.807) is 12.1 Å². The van der Waals surface area contributed by atoms with Crippen molar-refractivity contribution in [1.29, 1.82) is 0 Å². The van der Waals surface area contributed by atoms with Crippen molar-refractivity contribution in [2.24, 2.45) is 0 Å². The fourth-order valence-corrected chi connectivity index (χ4v) is 2.28. The van der Waals surface area contributed by atoms with E-state index in [9.17, 15) is 23.3 Å². The Morgan fingerprint density at radius 1 is 1.38 bits per heavy atom. The molecule has 21 heavy (non-hydrogen) atoms. The highest BCUT2D eigenvalue weighted by Gasteiger charge is 2.36. The number of hydrogen-bond donors (Lipinski definition) is 0. The van der Waals surface area contributed by atoms with Crippen LogP contribution in [0.2, 0.25) is 0 Å². The molecule has 1 heterocycles. The van der Waals surface area contributed by atoms with E-state index in [4.69, 9.17) is 0 Å². The lowest BCUT2D eigenvalue weighted by Gasteiger charge is -2.15. The minimum Gasteiger partial charge on any atom is -0.345 e. The largest absolute Gasteiger partial charge is 0.452 e. The van der Waals surface area contributed by atoms with Gasteiger partial charge in [0.1, 0.15) is 0 Å². The molecular formula is C11H9F3N4O2S. The first-order valence-corrected chi connectivity index (χ1v) is 6.40. The molecule has 0 aliphatic heterocycles. The van der Waals surface area contributed by atoms with Gasteiger partial charge in [-0.15, -0.1) is 0 Å². The van der Waals surface area contributed by atoms with Gasteiger partial charge in [-0.1, -0.05) is 18.2 Å². The van der Waals surface area contributed by atoms with E-state index >= 15 is 0 Å². The standard InChI is InChI=1S/C11H9F3N4O2S/c1-17(10-15-9(16-21-10)11(12,13)14)6-7-4-2-3-5-8(7)18(19)20/h2-5H,6H2,1H3. The van der Waals surface area contributed by atoms with Gasteiger partial charge in [-0.2, -0.15) is 22.5 Å².